The first-order valence-electron chi connectivity index (χ1n) is 10.1. The largest absolute Gasteiger partial charge is 0.497 e. The number of aromatic nitrogens is 1. The van der Waals surface area contributed by atoms with E-state index in [1.165, 1.54) is 4.57 Å². The number of methoxy groups -OCH3 is 1. The third kappa shape index (κ3) is 4.94. The summed E-state index contributed by atoms with van der Waals surface area (Å²) >= 11 is 6.99. The van der Waals surface area contributed by atoms with E-state index < -0.39 is 5.91 Å². The Labute approximate surface area is 204 Å². The van der Waals surface area contributed by atoms with Gasteiger partial charge in [-0.05, 0) is 60.2 Å². The van der Waals surface area contributed by atoms with Crippen molar-refractivity contribution in [3.63, 3.8) is 0 Å². The van der Waals surface area contributed by atoms with E-state index in [1.54, 1.807) is 67.8 Å². The second-order valence-electron chi connectivity index (χ2n) is 7.12. The van der Waals surface area contributed by atoms with E-state index in [4.69, 9.17) is 16.3 Å². The highest BCUT2D eigenvalue weighted by Crippen LogP contribution is 2.15. The second kappa shape index (κ2) is 10.2. The number of carbonyl (C=O) groups is 1. The molecule has 0 aliphatic rings. The third-order valence-electron chi connectivity index (χ3n) is 4.88. The summed E-state index contributed by atoms with van der Waals surface area (Å²) in [5, 5.41) is 13.1. The molecule has 0 unspecified atom stereocenters. The summed E-state index contributed by atoms with van der Waals surface area (Å²) in [6.45, 7) is 0. The van der Waals surface area contributed by atoms with Crippen molar-refractivity contribution in [3.8, 4) is 17.5 Å². The molecule has 3 aromatic carbocycles. The standard InChI is InChI=1S/C26H18ClN3O3S/c1-33-21-9-5-6-17(14-21)15-23-25(32)30(20-7-3-2-4-8-20)26(34-23)22(16-28)24(31)29-19-12-10-18(27)11-13-19/h2-15H,1H3,(H,29,31)/b23-15+,26-22-. The molecule has 1 heterocycles. The van der Waals surface area contributed by atoms with Crippen molar-refractivity contribution in [1.82, 2.24) is 4.57 Å². The van der Waals surface area contributed by atoms with Gasteiger partial charge in [0, 0.05) is 10.7 Å². The molecule has 0 atom stereocenters. The summed E-state index contributed by atoms with van der Waals surface area (Å²) in [5.41, 5.74) is 1.28. The van der Waals surface area contributed by atoms with Gasteiger partial charge in [0.05, 0.1) is 17.3 Å². The van der Waals surface area contributed by atoms with Crippen LogP contribution in [0, 0.1) is 11.3 Å². The molecule has 0 saturated carbocycles. The molecule has 34 heavy (non-hydrogen) atoms. The topological polar surface area (TPSA) is 84.1 Å². The summed E-state index contributed by atoms with van der Waals surface area (Å²) < 4.78 is 7.26. The molecule has 1 amide bonds. The molecule has 0 bridgehead atoms. The summed E-state index contributed by atoms with van der Waals surface area (Å²) in [6.07, 6.45) is 1.71. The van der Waals surface area contributed by atoms with E-state index in [0.29, 0.717) is 26.7 Å². The first-order valence-corrected chi connectivity index (χ1v) is 11.3. The van der Waals surface area contributed by atoms with Gasteiger partial charge in [0.25, 0.3) is 11.5 Å². The van der Waals surface area contributed by atoms with Crippen LogP contribution in [-0.4, -0.2) is 17.6 Å². The average molecular weight is 488 g/mol. The molecular formula is C26H18ClN3O3S. The van der Waals surface area contributed by atoms with Crippen molar-refractivity contribution in [2.24, 2.45) is 0 Å². The van der Waals surface area contributed by atoms with Crippen molar-refractivity contribution >= 4 is 46.2 Å². The van der Waals surface area contributed by atoms with Crippen LogP contribution in [0.4, 0.5) is 5.69 Å². The van der Waals surface area contributed by atoms with Crippen molar-refractivity contribution < 1.29 is 9.53 Å². The number of thiazole rings is 1. The van der Waals surface area contributed by atoms with E-state index in [1.807, 2.05) is 30.3 Å². The lowest BCUT2D eigenvalue weighted by atomic mass is 10.2. The number of nitriles is 1. The molecule has 6 nitrogen and oxygen atoms in total. The molecular weight excluding hydrogens is 470 g/mol. The van der Waals surface area contributed by atoms with E-state index in [9.17, 15) is 14.9 Å². The lowest BCUT2D eigenvalue weighted by Gasteiger charge is -2.06. The van der Waals surface area contributed by atoms with Crippen molar-refractivity contribution in [2.75, 3.05) is 12.4 Å². The third-order valence-corrected chi connectivity index (χ3v) is 6.23. The summed E-state index contributed by atoms with van der Waals surface area (Å²) in [4.78, 5) is 26.5. The smallest absolute Gasteiger partial charge is 0.273 e. The number of carbonyl (C=O) groups excluding carboxylic acids is 1. The highest BCUT2D eigenvalue weighted by molar-refractivity contribution is 7.07. The van der Waals surface area contributed by atoms with Crippen LogP contribution in [0.15, 0.2) is 83.7 Å². The highest BCUT2D eigenvalue weighted by atomic mass is 35.5. The van der Waals surface area contributed by atoms with E-state index >= 15 is 0 Å². The Morgan fingerprint density at radius 1 is 1.09 bits per heavy atom. The van der Waals surface area contributed by atoms with Gasteiger partial charge in [0.1, 0.15) is 16.5 Å². The fraction of sp³-hybridized carbons (Fsp3) is 0.0385. The number of anilines is 1. The molecule has 0 fully saturated rings. The number of nitrogens with zero attached hydrogens (tertiary/aromatic N) is 2. The van der Waals surface area contributed by atoms with E-state index in [2.05, 4.69) is 5.32 Å². The van der Waals surface area contributed by atoms with Gasteiger partial charge < -0.3 is 10.1 Å². The lowest BCUT2D eigenvalue weighted by molar-refractivity contribution is -0.111. The van der Waals surface area contributed by atoms with E-state index in [0.717, 1.165) is 16.9 Å². The molecule has 0 saturated heterocycles. The monoisotopic (exact) mass is 487 g/mol. The zero-order valence-electron chi connectivity index (χ0n) is 18.0. The van der Waals surface area contributed by atoms with Gasteiger partial charge in [0.2, 0.25) is 0 Å². The highest BCUT2D eigenvalue weighted by Gasteiger charge is 2.17. The van der Waals surface area contributed by atoms with Gasteiger partial charge in [-0.3, -0.25) is 14.2 Å². The maximum absolute atomic E-state index is 13.4. The Morgan fingerprint density at radius 3 is 2.50 bits per heavy atom. The van der Waals surface area contributed by atoms with Gasteiger partial charge >= 0.3 is 0 Å². The molecule has 168 valence electrons. The van der Waals surface area contributed by atoms with Crippen molar-refractivity contribution in [1.29, 1.82) is 5.26 Å². The molecule has 1 N–H and O–H groups in total. The number of rotatable bonds is 5. The number of hydrogen-bond acceptors (Lipinski definition) is 5. The van der Waals surface area contributed by atoms with Crippen LogP contribution >= 0.6 is 22.9 Å². The Morgan fingerprint density at radius 2 is 1.82 bits per heavy atom. The molecule has 0 aliphatic heterocycles. The van der Waals surface area contributed by atoms with E-state index in [-0.39, 0.29) is 15.8 Å². The minimum absolute atomic E-state index is 0.175. The zero-order chi connectivity index (χ0) is 24.1. The van der Waals surface area contributed by atoms with Gasteiger partial charge in [-0.1, -0.05) is 41.9 Å². The molecule has 8 heteroatoms. The minimum atomic E-state index is -0.622. The van der Waals surface area contributed by atoms with Crippen molar-refractivity contribution in [2.45, 2.75) is 0 Å². The van der Waals surface area contributed by atoms with Crippen LogP contribution in [0.1, 0.15) is 5.56 Å². The molecule has 0 spiro atoms. The maximum Gasteiger partial charge on any atom is 0.273 e. The van der Waals surface area contributed by atoms with Gasteiger partial charge in [-0.15, -0.1) is 11.3 Å². The maximum atomic E-state index is 13.4. The number of nitrogens with one attached hydrogen (secondary N) is 1. The Balaban J connectivity index is 1.93. The van der Waals surface area contributed by atoms with Crippen LogP contribution in [0.2, 0.25) is 5.02 Å². The van der Waals surface area contributed by atoms with Gasteiger partial charge in [0.15, 0.2) is 5.57 Å². The Bertz CT molecular complexity index is 1570. The molecule has 1 aromatic heterocycles. The number of amides is 1. The number of ether oxygens (including phenoxy) is 1. The molecule has 0 aliphatic carbocycles. The molecule has 0 radical (unpaired) electrons. The quantitative estimate of drug-likeness (QED) is 0.465. The first-order chi connectivity index (χ1) is 16.5. The van der Waals surface area contributed by atoms with Crippen LogP contribution in [0.3, 0.4) is 0 Å². The SMILES string of the molecule is COc1cccc(/C=c2/s/c(=C(/C#N)C(=O)Nc3ccc(Cl)cc3)n(-c3ccccc3)c2=O)c1. The van der Waals surface area contributed by atoms with Crippen LogP contribution < -0.4 is 24.8 Å². The predicted octanol–water partition coefficient (Wildman–Crippen LogP) is 3.70. The fourth-order valence-electron chi connectivity index (χ4n) is 3.27. The lowest BCUT2D eigenvalue weighted by Crippen LogP contribution is -2.32. The Hall–Kier alpha value is -4.12. The van der Waals surface area contributed by atoms with Gasteiger partial charge in [-0.2, -0.15) is 5.26 Å². The zero-order valence-corrected chi connectivity index (χ0v) is 19.6. The number of para-hydroxylation sites is 1. The fourth-order valence-corrected chi connectivity index (χ4v) is 4.49. The number of halogens is 1. The van der Waals surface area contributed by atoms with Crippen molar-refractivity contribution in [3.05, 3.63) is 109 Å². The summed E-state index contributed by atoms with van der Waals surface area (Å²) in [6, 6.07) is 24.7. The number of benzene rings is 3. The Kier molecular flexibility index (Phi) is 6.93. The summed E-state index contributed by atoms with van der Waals surface area (Å²) in [5.74, 6) is 0.0317. The predicted molar refractivity (Wildman–Crippen MR) is 135 cm³/mol. The minimum Gasteiger partial charge on any atom is -0.497 e. The van der Waals surface area contributed by atoms with Crippen LogP contribution in [0.5, 0.6) is 5.75 Å². The molecule has 4 rings (SSSR count). The van der Waals surface area contributed by atoms with Crippen LogP contribution in [-0.2, 0) is 4.79 Å². The first kappa shape index (κ1) is 23.1. The average Bonchev–Trinajstić information content (AvgIpc) is 3.17. The number of hydrogen-bond donors (Lipinski definition) is 1. The second-order valence-corrected chi connectivity index (χ2v) is 8.58. The normalized spacial score (nSPS) is 12.1. The van der Waals surface area contributed by atoms with Crippen LogP contribution in [0.25, 0.3) is 17.3 Å². The summed E-state index contributed by atoms with van der Waals surface area (Å²) in [7, 11) is 1.57. The van der Waals surface area contributed by atoms with Gasteiger partial charge in [-0.25, -0.2) is 0 Å². The molecule has 4 aromatic rings.